The molecule has 1 aliphatic rings. The average molecular weight is 536 g/mol. The Bertz CT molecular complexity index is 1780. The number of carbonyl (C=O) groups is 1. The number of hydrogen-bond acceptors (Lipinski definition) is 8. The highest BCUT2D eigenvalue weighted by Gasteiger charge is 2.34. The summed E-state index contributed by atoms with van der Waals surface area (Å²) in [5, 5.41) is 0.376. The second-order valence-corrected chi connectivity index (χ2v) is 9.28. The minimum Gasteiger partial charge on any atom is -0.493 e. The molecule has 8 nitrogen and oxygen atoms in total. The van der Waals surface area contributed by atoms with Crippen LogP contribution in [0.1, 0.15) is 29.2 Å². The van der Waals surface area contributed by atoms with E-state index in [4.69, 9.17) is 23.4 Å². The number of esters is 1. The summed E-state index contributed by atoms with van der Waals surface area (Å²) in [5.74, 6) is 1.20. The highest BCUT2D eigenvalue weighted by Crippen LogP contribution is 2.45. The molecule has 3 aromatic carbocycles. The van der Waals surface area contributed by atoms with Crippen LogP contribution in [0.25, 0.3) is 22.1 Å². The van der Waals surface area contributed by atoms with Crippen LogP contribution >= 0.6 is 0 Å². The van der Waals surface area contributed by atoms with Gasteiger partial charge in [0, 0.05) is 23.2 Å². The molecule has 5 aromatic rings. The van der Waals surface area contributed by atoms with E-state index in [1.165, 1.54) is 13.4 Å². The van der Waals surface area contributed by atoms with Gasteiger partial charge in [0.1, 0.15) is 30.0 Å². The molecule has 0 N–H and O–H groups in total. The molecule has 0 radical (unpaired) electrons. The summed E-state index contributed by atoms with van der Waals surface area (Å²) in [4.78, 5) is 30.7. The monoisotopic (exact) mass is 535 g/mol. The Balaban J connectivity index is 1.45. The van der Waals surface area contributed by atoms with E-state index in [-0.39, 0.29) is 24.4 Å². The topological polar surface area (TPSA) is 97.1 Å². The van der Waals surface area contributed by atoms with Crippen molar-refractivity contribution in [2.45, 2.75) is 18.9 Å². The largest absolute Gasteiger partial charge is 0.493 e. The van der Waals surface area contributed by atoms with E-state index < -0.39 is 5.92 Å². The number of ether oxygens (including phenoxy) is 4. The zero-order valence-corrected chi connectivity index (χ0v) is 21.9. The summed E-state index contributed by atoms with van der Waals surface area (Å²) in [7, 11) is 3.09. The Labute approximate surface area is 229 Å². The molecule has 40 heavy (non-hydrogen) atoms. The summed E-state index contributed by atoms with van der Waals surface area (Å²) in [6, 6.07) is 21.7. The van der Waals surface area contributed by atoms with Crippen LogP contribution in [0.3, 0.4) is 0 Å². The molecule has 3 heterocycles. The number of methoxy groups -OCH3 is 2. The van der Waals surface area contributed by atoms with E-state index in [1.807, 2.05) is 42.5 Å². The predicted octanol–water partition coefficient (Wildman–Crippen LogP) is 5.89. The lowest BCUT2D eigenvalue weighted by molar-refractivity contribution is -0.135. The number of carbonyl (C=O) groups excluding carboxylic acids is 1. The summed E-state index contributed by atoms with van der Waals surface area (Å²) in [6.07, 6.45) is 3.21. The van der Waals surface area contributed by atoms with E-state index in [0.717, 1.165) is 11.3 Å². The van der Waals surface area contributed by atoms with Crippen LogP contribution in [-0.2, 0) is 11.4 Å². The third-order valence-corrected chi connectivity index (χ3v) is 6.97. The van der Waals surface area contributed by atoms with E-state index >= 15 is 0 Å². The molecule has 6 rings (SSSR count). The van der Waals surface area contributed by atoms with Crippen LogP contribution in [0.4, 0.5) is 0 Å². The second kappa shape index (κ2) is 10.6. The van der Waals surface area contributed by atoms with Crippen molar-refractivity contribution in [2.24, 2.45) is 0 Å². The van der Waals surface area contributed by atoms with Gasteiger partial charge in [-0.1, -0.05) is 30.3 Å². The van der Waals surface area contributed by atoms with E-state index in [0.29, 0.717) is 50.7 Å². The standard InChI is InChI=1S/C32H25NO7/c1-36-26-12-10-19(15-28(26)37-2)24-18-39-32-22(31(24)35)11-13-27-30(32)23(16-29(34)40-27)21-8-3-4-9-25(21)38-17-20-7-5-6-14-33-20/h3-15,18,23H,16-17H2,1-2H3. The molecule has 0 spiro atoms. The molecule has 1 unspecified atom stereocenters. The molecule has 1 atom stereocenters. The third-order valence-electron chi connectivity index (χ3n) is 6.97. The van der Waals surface area contributed by atoms with Crippen LogP contribution in [0.5, 0.6) is 23.0 Å². The fraction of sp³-hybridized carbons (Fsp3) is 0.156. The Morgan fingerprint density at radius 1 is 0.900 bits per heavy atom. The van der Waals surface area contributed by atoms with Crippen LogP contribution in [-0.4, -0.2) is 25.2 Å². The minimum atomic E-state index is -0.449. The molecule has 8 heteroatoms. The van der Waals surface area contributed by atoms with Crippen molar-refractivity contribution < 1.29 is 28.2 Å². The molecule has 2 aromatic heterocycles. The number of para-hydroxylation sites is 1. The SMILES string of the molecule is COc1ccc(-c2coc3c4c(ccc3c2=O)OC(=O)CC4c2ccccc2OCc2ccccn2)cc1OC. The van der Waals surface area contributed by atoms with Gasteiger partial charge in [0.05, 0.1) is 37.3 Å². The first-order chi connectivity index (χ1) is 19.6. The summed E-state index contributed by atoms with van der Waals surface area (Å²) < 4.78 is 28.6. The molecule has 0 saturated heterocycles. The number of aromatic nitrogens is 1. The van der Waals surface area contributed by atoms with Gasteiger partial charge in [0.15, 0.2) is 11.5 Å². The lowest BCUT2D eigenvalue weighted by Crippen LogP contribution is -2.22. The van der Waals surface area contributed by atoms with E-state index in [2.05, 4.69) is 4.98 Å². The molecule has 200 valence electrons. The van der Waals surface area contributed by atoms with Crippen molar-refractivity contribution in [2.75, 3.05) is 14.2 Å². The number of fused-ring (bicyclic) bond motifs is 3. The Kier molecular flexibility index (Phi) is 6.66. The van der Waals surface area contributed by atoms with Crippen molar-refractivity contribution in [3.63, 3.8) is 0 Å². The van der Waals surface area contributed by atoms with Gasteiger partial charge in [0.2, 0.25) is 5.43 Å². The zero-order chi connectivity index (χ0) is 27.6. The van der Waals surface area contributed by atoms with Crippen molar-refractivity contribution in [3.8, 4) is 34.1 Å². The van der Waals surface area contributed by atoms with Crippen molar-refractivity contribution in [1.29, 1.82) is 0 Å². The van der Waals surface area contributed by atoms with E-state index in [9.17, 15) is 9.59 Å². The first-order valence-corrected chi connectivity index (χ1v) is 12.7. The number of benzene rings is 3. The highest BCUT2D eigenvalue weighted by molar-refractivity contribution is 5.90. The fourth-order valence-electron chi connectivity index (χ4n) is 5.06. The van der Waals surface area contributed by atoms with Crippen LogP contribution < -0.4 is 24.4 Å². The first kappa shape index (κ1) is 25.2. The van der Waals surface area contributed by atoms with Gasteiger partial charge in [-0.2, -0.15) is 0 Å². The van der Waals surface area contributed by atoms with E-state index in [1.54, 1.807) is 43.6 Å². The van der Waals surface area contributed by atoms with Crippen molar-refractivity contribution in [3.05, 3.63) is 112 Å². The summed E-state index contributed by atoms with van der Waals surface area (Å²) in [6.45, 7) is 0.265. The zero-order valence-electron chi connectivity index (χ0n) is 21.9. The summed E-state index contributed by atoms with van der Waals surface area (Å²) >= 11 is 0. The Morgan fingerprint density at radius 3 is 2.52 bits per heavy atom. The molecule has 0 fully saturated rings. The molecule has 0 amide bonds. The van der Waals surface area contributed by atoms with Crippen molar-refractivity contribution >= 4 is 16.9 Å². The van der Waals surface area contributed by atoms with Gasteiger partial charge >= 0.3 is 5.97 Å². The molecule has 0 aliphatic carbocycles. The molecule has 1 aliphatic heterocycles. The van der Waals surface area contributed by atoms with Gasteiger partial charge in [0.25, 0.3) is 0 Å². The highest BCUT2D eigenvalue weighted by atomic mass is 16.5. The minimum absolute atomic E-state index is 0.0667. The van der Waals surface area contributed by atoms with Gasteiger partial charge in [-0.05, 0) is 48.0 Å². The first-order valence-electron chi connectivity index (χ1n) is 12.7. The maximum absolute atomic E-state index is 13.7. The molecule has 0 bridgehead atoms. The quantitative estimate of drug-likeness (QED) is 0.188. The van der Waals surface area contributed by atoms with Crippen LogP contribution in [0, 0.1) is 0 Å². The lowest BCUT2D eigenvalue weighted by atomic mass is 9.84. The summed E-state index contributed by atoms with van der Waals surface area (Å²) in [5.41, 5.74) is 3.34. The fourth-order valence-corrected chi connectivity index (χ4v) is 5.06. The third kappa shape index (κ3) is 4.53. The van der Waals surface area contributed by atoms with Crippen molar-refractivity contribution in [1.82, 2.24) is 4.98 Å². The van der Waals surface area contributed by atoms with Gasteiger partial charge < -0.3 is 23.4 Å². The predicted molar refractivity (Wildman–Crippen MR) is 148 cm³/mol. The maximum atomic E-state index is 13.7. The Morgan fingerprint density at radius 2 is 1.73 bits per heavy atom. The van der Waals surface area contributed by atoms with Gasteiger partial charge in [-0.3, -0.25) is 14.6 Å². The number of rotatable bonds is 7. The average Bonchev–Trinajstić information content (AvgIpc) is 3.00. The van der Waals surface area contributed by atoms with Gasteiger partial charge in [-0.25, -0.2) is 0 Å². The Hall–Kier alpha value is -5.11. The van der Waals surface area contributed by atoms with Crippen LogP contribution in [0.15, 0.2) is 94.5 Å². The smallest absolute Gasteiger partial charge is 0.312 e. The number of pyridine rings is 1. The van der Waals surface area contributed by atoms with Gasteiger partial charge in [-0.15, -0.1) is 0 Å². The molecular formula is C32H25NO7. The molecular weight excluding hydrogens is 510 g/mol. The lowest BCUT2D eigenvalue weighted by Gasteiger charge is -2.27. The van der Waals surface area contributed by atoms with Crippen LogP contribution in [0.2, 0.25) is 0 Å². The second-order valence-electron chi connectivity index (χ2n) is 9.28. The molecule has 0 saturated carbocycles. The normalized spacial score (nSPS) is 14.3. The number of nitrogens with zero attached hydrogens (tertiary/aromatic N) is 1. The maximum Gasteiger partial charge on any atom is 0.312 e. The number of hydrogen-bond donors (Lipinski definition) is 0.